The minimum Gasteiger partial charge on any atom is -0.355 e. The molecule has 0 aliphatic rings. The summed E-state index contributed by atoms with van der Waals surface area (Å²) in [5, 5.41) is 6.91. The summed E-state index contributed by atoms with van der Waals surface area (Å²) in [6.45, 7) is 0. The van der Waals surface area contributed by atoms with Gasteiger partial charge in [0.2, 0.25) is 0 Å². The summed E-state index contributed by atoms with van der Waals surface area (Å²) in [6, 6.07) is 10.8. The molecule has 0 unspecified atom stereocenters. The molecule has 2 N–H and O–H groups in total. The van der Waals surface area contributed by atoms with Crippen molar-refractivity contribution in [1.29, 1.82) is 0 Å². The van der Waals surface area contributed by atoms with Crippen LogP contribution in [0.25, 0.3) is 0 Å². The topological polar surface area (TPSA) is 66.9 Å². The van der Waals surface area contributed by atoms with Gasteiger partial charge in [-0.1, -0.05) is 35.3 Å². The number of carbonyl (C=O) groups is 1. The van der Waals surface area contributed by atoms with Crippen LogP contribution in [0.5, 0.6) is 0 Å². The average Bonchev–Trinajstić information content (AvgIpc) is 2.68. The van der Waals surface area contributed by atoms with Gasteiger partial charge < -0.3 is 10.6 Å². The van der Waals surface area contributed by atoms with Crippen molar-refractivity contribution < 1.29 is 4.79 Å². The van der Waals surface area contributed by atoms with E-state index in [1.165, 1.54) is 6.20 Å². The lowest BCUT2D eigenvalue weighted by Crippen LogP contribution is -2.19. The third kappa shape index (κ3) is 6.84. The zero-order valence-electron chi connectivity index (χ0n) is 14.3. The van der Waals surface area contributed by atoms with Crippen LogP contribution < -0.4 is 10.6 Å². The molecular weight excluding hydrogens is 646 g/mol. The summed E-state index contributed by atoms with van der Waals surface area (Å²) in [5.41, 5.74) is 1.91. The summed E-state index contributed by atoms with van der Waals surface area (Å²) in [6.07, 6.45) is 3.16. The second kappa shape index (κ2) is 11.3. The van der Waals surface area contributed by atoms with Gasteiger partial charge >= 0.3 is 0 Å². The quantitative estimate of drug-likeness (QED) is 0.243. The van der Waals surface area contributed by atoms with E-state index >= 15 is 0 Å². The van der Waals surface area contributed by atoms with Gasteiger partial charge in [0.05, 0.1) is 27.0 Å². The summed E-state index contributed by atoms with van der Waals surface area (Å²) in [7, 11) is 1.59. The Bertz CT molecular complexity index is 992. The molecule has 0 radical (unpaired) electrons. The van der Waals surface area contributed by atoms with Crippen molar-refractivity contribution in [2.75, 3.05) is 12.4 Å². The van der Waals surface area contributed by atoms with E-state index in [1.807, 2.05) is 18.2 Å². The molecule has 5 nitrogen and oxygen atoms in total. The highest BCUT2D eigenvalue weighted by molar-refractivity contribution is 14.1. The van der Waals surface area contributed by atoms with Crippen molar-refractivity contribution in [3.05, 3.63) is 77.2 Å². The Morgan fingerprint density at radius 1 is 1.00 bits per heavy atom. The van der Waals surface area contributed by atoms with Crippen molar-refractivity contribution in [1.82, 2.24) is 15.3 Å². The Morgan fingerprint density at radius 2 is 1.61 bits per heavy atom. The first kappa shape index (κ1) is 23.3. The average molecular weight is 659 g/mol. The van der Waals surface area contributed by atoms with Crippen molar-refractivity contribution in [2.45, 2.75) is 0 Å². The van der Waals surface area contributed by atoms with Crippen LogP contribution in [-0.2, 0) is 0 Å². The van der Waals surface area contributed by atoms with Crippen LogP contribution >= 0.6 is 77.7 Å². The molecule has 2 heterocycles. The predicted molar refractivity (Wildman–Crippen MR) is 130 cm³/mol. The number of amides is 1. The van der Waals surface area contributed by atoms with E-state index in [0.717, 1.165) is 8.17 Å². The van der Waals surface area contributed by atoms with E-state index in [1.54, 1.807) is 31.4 Å². The van der Waals surface area contributed by atoms with Crippen LogP contribution in [0, 0.1) is 3.57 Å². The number of rotatable bonds is 3. The summed E-state index contributed by atoms with van der Waals surface area (Å²) < 4.78 is 2.49. The third-order valence-electron chi connectivity index (χ3n) is 3.27. The fourth-order valence-corrected chi connectivity index (χ4v) is 3.75. The molecule has 1 amide bonds. The van der Waals surface area contributed by atoms with Gasteiger partial charge in [-0.2, -0.15) is 0 Å². The lowest BCUT2D eigenvalue weighted by Gasteiger charge is -2.12. The van der Waals surface area contributed by atoms with E-state index in [2.05, 4.69) is 75.1 Å². The van der Waals surface area contributed by atoms with Gasteiger partial charge in [0, 0.05) is 23.0 Å². The predicted octanol–water partition coefficient (Wildman–Crippen LogP) is 6.70. The highest BCUT2D eigenvalue weighted by Gasteiger charge is 2.10. The highest BCUT2D eigenvalue weighted by Crippen LogP contribution is 2.28. The van der Waals surface area contributed by atoms with Crippen LogP contribution in [0.3, 0.4) is 0 Å². The number of halogens is 5. The van der Waals surface area contributed by atoms with Crippen molar-refractivity contribution in [3.63, 3.8) is 0 Å². The molecule has 0 aliphatic heterocycles. The van der Waals surface area contributed by atoms with Gasteiger partial charge in [0.15, 0.2) is 0 Å². The molecular formula is C18H13Br2Cl2IN4O. The Labute approximate surface area is 203 Å². The fourth-order valence-electron chi connectivity index (χ4n) is 1.97. The first-order valence-electron chi connectivity index (χ1n) is 7.67. The Hall–Kier alpha value is -0.940. The molecule has 0 saturated carbocycles. The van der Waals surface area contributed by atoms with Crippen LogP contribution in [0.1, 0.15) is 10.4 Å². The molecule has 0 aliphatic carbocycles. The fraction of sp³-hybridized carbons (Fsp3) is 0.0556. The highest BCUT2D eigenvalue weighted by atomic mass is 127. The number of pyridine rings is 2. The van der Waals surface area contributed by atoms with E-state index in [4.69, 9.17) is 23.2 Å². The second-order valence-corrected chi connectivity index (χ2v) is 8.76. The first-order chi connectivity index (χ1) is 13.3. The van der Waals surface area contributed by atoms with Crippen LogP contribution in [0.15, 0.2) is 58.0 Å². The van der Waals surface area contributed by atoms with Gasteiger partial charge in [-0.3, -0.25) is 4.79 Å². The van der Waals surface area contributed by atoms with Crippen molar-refractivity contribution >= 4 is 94.9 Å². The smallest absolute Gasteiger partial charge is 0.253 e. The lowest BCUT2D eigenvalue weighted by atomic mass is 10.1. The van der Waals surface area contributed by atoms with E-state index < -0.39 is 0 Å². The van der Waals surface area contributed by atoms with E-state index in [9.17, 15) is 4.79 Å². The molecule has 146 valence electrons. The number of nitrogens with one attached hydrogen (secondary N) is 2. The zero-order valence-corrected chi connectivity index (χ0v) is 21.2. The maximum absolute atomic E-state index is 11.8. The molecule has 2 aromatic heterocycles. The minimum atomic E-state index is -0.160. The van der Waals surface area contributed by atoms with Crippen molar-refractivity contribution in [2.24, 2.45) is 0 Å². The standard InChI is InChI=1S/C13H11BrClN3O.C5H2BrClIN/c1-16-13(19)8-4-2-3-5-10(8)18-11-6-12(14)17-7-9(11)15;6-5-1-4(8)3(7)2-9-5/h2-7H,1H3,(H,16,19)(H,17,18);1-2H. The number of hydrogen-bond acceptors (Lipinski definition) is 4. The Morgan fingerprint density at radius 3 is 2.21 bits per heavy atom. The number of nitrogens with zero attached hydrogens (tertiary/aromatic N) is 2. The molecule has 0 saturated heterocycles. The lowest BCUT2D eigenvalue weighted by molar-refractivity contribution is 0.0964. The maximum Gasteiger partial charge on any atom is 0.253 e. The first-order valence-corrected chi connectivity index (χ1v) is 11.1. The van der Waals surface area contributed by atoms with Gasteiger partial charge in [-0.25, -0.2) is 9.97 Å². The Balaban J connectivity index is 0.000000261. The largest absolute Gasteiger partial charge is 0.355 e. The number of hydrogen-bond donors (Lipinski definition) is 2. The number of aromatic nitrogens is 2. The molecule has 0 atom stereocenters. The monoisotopic (exact) mass is 656 g/mol. The SMILES string of the molecule is CNC(=O)c1ccccc1Nc1cc(Br)ncc1Cl.Clc1cnc(Br)cc1I. The molecule has 0 bridgehead atoms. The van der Waals surface area contributed by atoms with Crippen LogP contribution in [0.2, 0.25) is 10.0 Å². The maximum atomic E-state index is 11.8. The Kier molecular flexibility index (Phi) is 9.42. The molecule has 28 heavy (non-hydrogen) atoms. The minimum absolute atomic E-state index is 0.160. The van der Waals surface area contributed by atoms with Crippen molar-refractivity contribution in [3.8, 4) is 0 Å². The molecule has 0 fully saturated rings. The van der Waals surface area contributed by atoms with Gasteiger partial charge in [-0.05, 0) is 78.7 Å². The summed E-state index contributed by atoms with van der Waals surface area (Å²) in [5.74, 6) is -0.160. The molecule has 1 aromatic carbocycles. The number of benzene rings is 1. The van der Waals surface area contributed by atoms with Gasteiger partial charge in [0.1, 0.15) is 9.21 Å². The summed E-state index contributed by atoms with van der Waals surface area (Å²) in [4.78, 5) is 19.7. The number of carbonyl (C=O) groups excluding carboxylic acids is 1. The molecule has 10 heteroatoms. The van der Waals surface area contributed by atoms with E-state index in [0.29, 0.717) is 31.6 Å². The van der Waals surface area contributed by atoms with E-state index in [-0.39, 0.29) is 5.91 Å². The zero-order chi connectivity index (χ0) is 20.7. The number of para-hydroxylation sites is 1. The third-order valence-corrected chi connectivity index (χ3v) is 5.95. The summed E-state index contributed by atoms with van der Waals surface area (Å²) >= 11 is 20.4. The molecule has 0 spiro atoms. The second-order valence-electron chi connectivity index (χ2n) is 5.16. The van der Waals surface area contributed by atoms with Crippen LogP contribution in [0.4, 0.5) is 11.4 Å². The normalized spacial score (nSPS) is 9.93. The number of anilines is 2. The molecule has 3 aromatic rings. The van der Waals surface area contributed by atoms with Gasteiger partial charge in [0.25, 0.3) is 5.91 Å². The molecule has 3 rings (SSSR count). The van der Waals surface area contributed by atoms with Gasteiger partial charge in [-0.15, -0.1) is 0 Å². The van der Waals surface area contributed by atoms with Crippen LogP contribution in [-0.4, -0.2) is 22.9 Å².